The van der Waals surface area contributed by atoms with Gasteiger partial charge in [0.25, 0.3) is 0 Å². The molecule has 0 heterocycles. The topological polar surface area (TPSA) is 30.5 Å². The molecule has 106 valence electrons. The minimum atomic E-state index is 0.639. The SMILES string of the molecule is COCc1cccc(OCCCNC2CCCC2)c1. The van der Waals surface area contributed by atoms with E-state index < -0.39 is 0 Å². The molecule has 0 unspecified atom stereocenters. The fourth-order valence-electron chi connectivity index (χ4n) is 2.59. The molecule has 0 amide bonds. The van der Waals surface area contributed by atoms with Crippen LogP contribution in [0.3, 0.4) is 0 Å². The zero-order valence-corrected chi connectivity index (χ0v) is 11.9. The summed E-state index contributed by atoms with van der Waals surface area (Å²) in [5, 5.41) is 3.60. The first-order chi connectivity index (χ1) is 9.38. The third-order valence-corrected chi connectivity index (χ3v) is 3.59. The molecule has 0 atom stereocenters. The Balaban J connectivity index is 1.60. The van der Waals surface area contributed by atoms with Crippen LogP contribution >= 0.6 is 0 Å². The van der Waals surface area contributed by atoms with Gasteiger partial charge in [-0.05, 0) is 43.5 Å². The molecule has 1 aromatic carbocycles. The Kier molecular flexibility index (Phi) is 6.18. The average molecular weight is 263 g/mol. The molecular formula is C16H25NO2. The van der Waals surface area contributed by atoms with Gasteiger partial charge < -0.3 is 14.8 Å². The zero-order valence-electron chi connectivity index (χ0n) is 11.9. The van der Waals surface area contributed by atoms with Crippen LogP contribution in [0.4, 0.5) is 0 Å². The van der Waals surface area contributed by atoms with Crippen LogP contribution < -0.4 is 10.1 Å². The van der Waals surface area contributed by atoms with Gasteiger partial charge in [-0.15, -0.1) is 0 Å². The van der Waals surface area contributed by atoms with Crippen LogP contribution in [0, 0.1) is 0 Å². The second kappa shape index (κ2) is 8.18. The number of nitrogens with one attached hydrogen (secondary N) is 1. The summed E-state index contributed by atoms with van der Waals surface area (Å²) in [5.41, 5.74) is 1.16. The molecule has 19 heavy (non-hydrogen) atoms. The van der Waals surface area contributed by atoms with Crippen LogP contribution in [-0.2, 0) is 11.3 Å². The Bertz CT molecular complexity index is 362. The Labute approximate surface area is 116 Å². The van der Waals surface area contributed by atoms with Gasteiger partial charge in [-0.2, -0.15) is 0 Å². The molecule has 0 aromatic heterocycles. The number of hydrogen-bond acceptors (Lipinski definition) is 3. The lowest BCUT2D eigenvalue weighted by Gasteiger charge is -2.12. The van der Waals surface area contributed by atoms with Crippen molar-refractivity contribution in [2.24, 2.45) is 0 Å². The number of methoxy groups -OCH3 is 1. The van der Waals surface area contributed by atoms with Crippen LogP contribution in [0.2, 0.25) is 0 Å². The van der Waals surface area contributed by atoms with Crippen molar-refractivity contribution in [3.8, 4) is 5.75 Å². The first-order valence-electron chi connectivity index (χ1n) is 7.32. The highest BCUT2D eigenvalue weighted by molar-refractivity contribution is 5.28. The summed E-state index contributed by atoms with van der Waals surface area (Å²) >= 11 is 0. The zero-order chi connectivity index (χ0) is 13.3. The highest BCUT2D eigenvalue weighted by Gasteiger charge is 2.13. The van der Waals surface area contributed by atoms with Gasteiger partial charge in [-0.3, -0.25) is 0 Å². The van der Waals surface area contributed by atoms with E-state index in [1.54, 1.807) is 7.11 Å². The summed E-state index contributed by atoms with van der Waals surface area (Å²) in [5.74, 6) is 0.940. The summed E-state index contributed by atoms with van der Waals surface area (Å²) in [6, 6.07) is 8.88. The maximum Gasteiger partial charge on any atom is 0.119 e. The van der Waals surface area contributed by atoms with Crippen molar-refractivity contribution >= 4 is 0 Å². The Morgan fingerprint density at radius 3 is 2.89 bits per heavy atom. The molecule has 1 N–H and O–H groups in total. The van der Waals surface area contributed by atoms with Gasteiger partial charge in [0.15, 0.2) is 0 Å². The molecule has 1 fully saturated rings. The van der Waals surface area contributed by atoms with Crippen molar-refractivity contribution in [3.05, 3.63) is 29.8 Å². The molecular weight excluding hydrogens is 238 g/mol. The third kappa shape index (κ3) is 5.21. The number of rotatable bonds is 8. The summed E-state index contributed by atoms with van der Waals surface area (Å²) < 4.78 is 10.9. The lowest BCUT2D eigenvalue weighted by atomic mass is 10.2. The van der Waals surface area contributed by atoms with Crippen molar-refractivity contribution in [2.75, 3.05) is 20.3 Å². The van der Waals surface area contributed by atoms with E-state index in [0.717, 1.165) is 36.9 Å². The second-order valence-corrected chi connectivity index (χ2v) is 5.22. The average Bonchev–Trinajstić information content (AvgIpc) is 2.92. The van der Waals surface area contributed by atoms with E-state index in [4.69, 9.17) is 9.47 Å². The molecule has 1 aliphatic carbocycles. The van der Waals surface area contributed by atoms with E-state index in [-0.39, 0.29) is 0 Å². The van der Waals surface area contributed by atoms with Crippen LogP contribution in [0.25, 0.3) is 0 Å². The molecule has 3 heteroatoms. The van der Waals surface area contributed by atoms with Gasteiger partial charge in [0.2, 0.25) is 0 Å². The second-order valence-electron chi connectivity index (χ2n) is 5.22. The summed E-state index contributed by atoms with van der Waals surface area (Å²) in [7, 11) is 1.71. The summed E-state index contributed by atoms with van der Waals surface area (Å²) in [4.78, 5) is 0. The molecule has 1 aromatic rings. The lowest BCUT2D eigenvalue weighted by Crippen LogP contribution is -2.27. The molecule has 0 bridgehead atoms. The molecule has 0 radical (unpaired) electrons. The number of ether oxygens (including phenoxy) is 2. The minimum absolute atomic E-state index is 0.639. The molecule has 0 aliphatic heterocycles. The van der Waals surface area contributed by atoms with Gasteiger partial charge in [0, 0.05) is 13.2 Å². The number of benzene rings is 1. The van der Waals surface area contributed by atoms with Crippen LogP contribution in [0.5, 0.6) is 5.75 Å². The van der Waals surface area contributed by atoms with E-state index in [9.17, 15) is 0 Å². The first kappa shape index (κ1) is 14.4. The number of hydrogen-bond donors (Lipinski definition) is 1. The van der Waals surface area contributed by atoms with Crippen molar-refractivity contribution in [1.29, 1.82) is 0 Å². The normalized spacial score (nSPS) is 15.8. The quantitative estimate of drug-likeness (QED) is 0.731. The lowest BCUT2D eigenvalue weighted by molar-refractivity contribution is 0.184. The standard InChI is InChI=1S/C16H25NO2/c1-18-13-14-6-4-9-16(12-14)19-11-5-10-17-15-7-2-3-8-15/h4,6,9,12,15,17H,2-3,5,7-8,10-11,13H2,1H3. The van der Waals surface area contributed by atoms with Crippen LogP contribution in [0.15, 0.2) is 24.3 Å². The van der Waals surface area contributed by atoms with Crippen LogP contribution in [-0.4, -0.2) is 26.3 Å². The summed E-state index contributed by atoms with van der Waals surface area (Å²) in [6.45, 7) is 2.47. The maximum atomic E-state index is 5.76. The molecule has 3 nitrogen and oxygen atoms in total. The molecule has 1 aliphatic rings. The van der Waals surface area contributed by atoms with Crippen molar-refractivity contribution in [3.63, 3.8) is 0 Å². The summed E-state index contributed by atoms with van der Waals surface area (Å²) in [6.07, 6.45) is 6.53. The van der Waals surface area contributed by atoms with E-state index in [2.05, 4.69) is 11.4 Å². The predicted molar refractivity (Wildman–Crippen MR) is 77.5 cm³/mol. The van der Waals surface area contributed by atoms with Gasteiger partial charge in [0.1, 0.15) is 5.75 Å². The predicted octanol–water partition coefficient (Wildman–Crippen LogP) is 3.13. The highest BCUT2D eigenvalue weighted by atomic mass is 16.5. The van der Waals surface area contributed by atoms with Gasteiger partial charge in [-0.1, -0.05) is 25.0 Å². The highest BCUT2D eigenvalue weighted by Crippen LogP contribution is 2.17. The molecule has 1 saturated carbocycles. The first-order valence-corrected chi connectivity index (χ1v) is 7.32. The van der Waals surface area contributed by atoms with E-state index in [0.29, 0.717) is 6.61 Å². The molecule has 0 spiro atoms. The fourth-order valence-corrected chi connectivity index (χ4v) is 2.59. The van der Waals surface area contributed by atoms with E-state index in [1.807, 2.05) is 18.2 Å². The Hall–Kier alpha value is -1.06. The monoisotopic (exact) mass is 263 g/mol. The van der Waals surface area contributed by atoms with Crippen molar-refractivity contribution < 1.29 is 9.47 Å². The Morgan fingerprint density at radius 2 is 2.11 bits per heavy atom. The fraction of sp³-hybridized carbons (Fsp3) is 0.625. The molecule has 0 saturated heterocycles. The minimum Gasteiger partial charge on any atom is -0.494 e. The van der Waals surface area contributed by atoms with Crippen molar-refractivity contribution in [1.82, 2.24) is 5.32 Å². The van der Waals surface area contributed by atoms with Crippen molar-refractivity contribution in [2.45, 2.75) is 44.8 Å². The third-order valence-electron chi connectivity index (χ3n) is 3.59. The van der Waals surface area contributed by atoms with E-state index >= 15 is 0 Å². The maximum absolute atomic E-state index is 5.76. The largest absolute Gasteiger partial charge is 0.494 e. The van der Waals surface area contributed by atoms with Crippen LogP contribution in [0.1, 0.15) is 37.7 Å². The van der Waals surface area contributed by atoms with Gasteiger partial charge in [0.05, 0.1) is 13.2 Å². The van der Waals surface area contributed by atoms with Gasteiger partial charge >= 0.3 is 0 Å². The molecule has 2 rings (SSSR count). The van der Waals surface area contributed by atoms with Gasteiger partial charge in [-0.25, -0.2) is 0 Å². The Morgan fingerprint density at radius 1 is 1.26 bits per heavy atom. The van der Waals surface area contributed by atoms with E-state index in [1.165, 1.54) is 25.7 Å². The smallest absolute Gasteiger partial charge is 0.119 e.